The number of amides is 2. The van der Waals surface area contributed by atoms with Crippen LogP contribution < -0.4 is 0 Å². The number of rotatable bonds is 4. The first-order valence-electron chi connectivity index (χ1n) is 8.22. The maximum absolute atomic E-state index is 12.3. The zero-order valence-corrected chi connectivity index (χ0v) is 14.3. The second kappa shape index (κ2) is 7.12. The number of aryl methyl sites for hydroxylation is 1. The number of likely N-dealkylation sites (tertiary alicyclic amines) is 1. The Morgan fingerprint density at radius 3 is 2.68 bits per heavy atom. The van der Waals surface area contributed by atoms with E-state index in [4.69, 9.17) is 14.0 Å². The highest BCUT2D eigenvalue weighted by atomic mass is 16.6. The van der Waals surface area contributed by atoms with E-state index in [1.807, 2.05) is 0 Å². The van der Waals surface area contributed by atoms with Crippen LogP contribution in [0.1, 0.15) is 24.3 Å². The number of piperidine rings is 1. The standard InChI is InChI=1S/C16H21N3O6/c1-10-7-12(25-17-10)8-14(20)18-5-3-11(4-6-18)19-13(15(21)23-2)9-24-16(19)22/h7,11,13H,3-6,8-9H2,1-2H3/t13-/m0/s1. The molecule has 1 aromatic heterocycles. The van der Waals surface area contributed by atoms with Gasteiger partial charge in [-0.25, -0.2) is 9.59 Å². The predicted octanol–water partition coefficient (Wildman–Crippen LogP) is 0.510. The molecule has 9 nitrogen and oxygen atoms in total. The smallest absolute Gasteiger partial charge is 0.410 e. The quantitative estimate of drug-likeness (QED) is 0.728. The van der Waals surface area contributed by atoms with Gasteiger partial charge in [-0.1, -0.05) is 5.16 Å². The van der Waals surface area contributed by atoms with Crippen molar-refractivity contribution in [3.05, 3.63) is 17.5 Å². The molecule has 9 heteroatoms. The lowest BCUT2D eigenvalue weighted by Gasteiger charge is -2.37. The minimum Gasteiger partial charge on any atom is -0.467 e. The van der Waals surface area contributed by atoms with Crippen molar-refractivity contribution in [3.8, 4) is 0 Å². The van der Waals surface area contributed by atoms with Gasteiger partial charge in [-0.15, -0.1) is 0 Å². The number of ether oxygens (including phenoxy) is 2. The number of hydrogen-bond donors (Lipinski definition) is 0. The van der Waals surface area contributed by atoms with E-state index in [1.54, 1.807) is 17.9 Å². The molecule has 3 heterocycles. The van der Waals surface area contributed by atoms with Gasteiger partial charge in [0.15, 0.2) is 6.04 Å². The molecule has 136 valence electrons. The van der Waals surface area contributed by atoms with Gasteiger partial charge in [0, 0.05) is 25.2 Å². The summed E-state index contributed by atoms with van der Waals surface area (Å²) >= 11 is 0. The fraction of sp³-hybridized carbons (Fsp3) is 0.625. The highest BCUT2D eigenvalue weighted by Gasteiger charge is 2.44. The number of esters is 1. The number of hydrogen-bond acceptors (Lipinski definition) is 7. The highest BCUT2D eigenvalue weighted by molar-refractivity contribution is 5.84. The van der Waals surface area contributed by atoms with Crippen molar-refractivity contribution in [1.29, 1.82) is 0 Å². The summed E-state index contributed by atoms with van der Waals surface area (Å²) in [6, 6.07) is 0.892. The van der Waals surface area contributed by atoms with E-state index in [2.05, 4.69) is 5.16 Å². The van der Waals surface area contributed by atoms with E-state index in [-0.39, 0.29) is 25.0 Å². The summed E-state index contributed by atoms with van der Waals surface area (Å²) in [7, 11) is 1.29. The molecule has 25 heavy (non-hydrogen) atoms. The van der Waals surface area contributed by atoms with Gasteiger partial charge < -0.3 is 18.9 Å². The molecule has 0 aliphatic carbocycles. The molecule has 2 aliphatic heterocycles. The molecule has 1 aromatic rings. The third-order valence-corrected chi connectivity index (χ3v) is 4.60. The van der Waals surface area contributed by atoms with E-state index < -0.39 is 18.1 Å². The van der Waals surface area contributed by atoms with Gasteiger partial charge in [0.05, 0.1) is 19.2 Å². The number of carbonyl (C=O) groups is 3. The summed E-state index contributed by atoms with van der Waals surface area (Å²) in [5.41, 5.74) is 0.739. The zero-order valence-electron chi connectivity index (χ0n) is 14.3. The number of cyclic esters (lactones) is 1. The second-order valence-corrected chi connectivity index (χ2v) is 6.25. The molecule has 0 radical (unpaired) electrons. The maximum atomic E-state index is 12.3. The molecular formula is C16H21N3O6. The molecular weight excluding hydrogens is 330 g/mol. The van der Waals surface area contributed by atoms with Crippen molar-refractivity contribution >= 4 is 18.0 Å². The van der Waals surface area contributed by atoms with Crippen LogP contribution in [0.2, 0.25) is 0 Å². The molecule has 0 spiro atoms. The highest BCUT2D eigenvalue weighted by Crippen LogP contribution is 2.25. The van der Waals surface area contributed by atoms with E-state index in [0.29, 0.717) is 31.7 Å². The summed E-state index contributed by atoms with van der Waals surface area (Å²) in [6.07, 6.45) is 0.840. The van der Waals surface area contributed by atoms with E-state index in [1.165, 1.54) is 12.0 Å². The molecule has 0 aromatic carbocycles. The molecule has 2 aliphatic rings. The fourth-order valence-corrected chi connectivity index (χ4v) is 3.31. The minimum absolute atomic E-state index is 0.00942. The van der Waals surface area contributed by atoms with Gasteiger partial charge >= 0.3 is 12.1 Å². The summed E-state index contributed by atoms with van der Waals surface area (Å²) < 4.78 is 14.8. The molecule has 2 saturated heterocycles. The van der Waals surface area contributed by atoms with E-state index >= 15 is 0 Å². The monoisotopic (exact) mass is 351 g/mol. The summed E-state index contributed by atoms with van der Waals surface area (Å²) in [5, 5.41) is 3.77. The molecule has 1 atom stereocenters. The first-order valence-corrected chi connectivity index (χ1v) is 8.22. The summed E-state index contributed by atoms with van der Waals surface area (Å²) in [4.78, 5) is 39.3. The third-order valence-electron chi connectivity index (χ3n) is 4.60. The molecule has 2 amide bonds. The number of methoxy groups -OCH3 is 1. The van der Waals surface area contributed by atoms with Crippen molar-refractivity contribution in [3.63, 3.8) is 0 Å². The minimum atomic E-state index is -0.707. The number of nitrogens with zero attached hydrogens (tertiary/aromatic N) is 3. The molecule has 3 rings (SSSR count). The van der Waals surface area contributed by atoms with Crippen LogP contribution in [0.3, 0.4) is 0 Å². The summed E-state index contributed by atoms with van der Waals surface area (Å²) in [5.74, 6) is 0.0201. The van der Waals surface area contributed by atoms with Crippen LogP contribution in [0, 0.1) is 6.92 Å². The normalized spacial score (nSPS) is 21.4. The molecule has 2 fully saturated rings. The topological polar surface area (TPSA) is 102 Å². The Kier molecular flexibility index (Phi) is 4.91. The van der Waals surface area contributed by atoms with Crippen molar-refractivity contribution in [2.45, 2.75) is 38.3 Å². The lowest BCUT2D eigenvalue weighted by atomic mass is 10.0. The number of aromatic nitrogens is 1. The Labute approximate surface area is 144 Å². The lowest BCUT2D eigenvalue weighted by molar-refractivity contribution is -0.146. The van der Waals surface area contributed by atoms with Gasteiger partial charge in [0.2, 0.25) is 5.91 Å². The Morgan fingerprint density at radius 1 is 1.36 bits per heavy atom. The van der Waals surface area contributed by atoms with Crippen molar-refractivity contribution in [2.75, 3.05) is 26.8 Å². The third kappa shape index (κ3) is 3.59. The first-order chi connectivity index (χ1) is 12.0. The van der Waals surface area contributed by atoms with Gasteiger partial charge in [-0.3, -0.25) is 9.69 Å². The predicted molar refractivity (Wildman–Crippen MR) is 83.5 cm³/mol. The average molecular weight is 351 g/mol. The Morgan fingerprint density at radius 2 is 2.08 bits per heavy atom. The number of carbonyl (C=O) groups excluding carboxylic acids is 3. The largest absolute Gasteiger partial charge is 0.467 e. The van der Waals surface area contributed by atoms with Crippen molar-refractivity contribution in [1.82, 2.24) is 15.0 Å². The lowest BCUT2D eigenvalue weighted by Crippen LogP contribution is -2.52. The molecule has 0 bridgehead atoms. The van der Waals surface area contributed by atoms with E-state index in [9.17, 15) is 14.4 Å². The van der Waals surface area contributed by atoms with Crippen LogP contribution in [0.25, 0.3) is 0 Å². The Hall–Kier alpha value is -2.58. The molecule has 0 unspecified atom stereocenters. The van der Waals surface area contributed by atoms with Crippen LogP contribution in [0.15, 0.2) is 10.6 Å². The van der Waals surface area contributed by atoms with E-state index in [0.717, 1.165) is 5.69 Å². The van der Waals surface area contributed by atoms with Gasteiger partial charge in [-0.2, -0.15) is 0 Å². The fourth-order valence-electron chi connectivity index (χ4n) is 3.31. The maximum Gasteiger partial charge on any atom is 0.410 e. The second-order valence-electron chi connectivity index (χ2n) is 6.25. The average Bonchev–Trinajstić information content (AvgIpc) is 3.20. The van der Waals surface area contributed by atoms with Crippen LogP contribution in [-0.2, 0) is 25.5 Å². The molecule has 0 saturated carbocycles. The van der Waals surface area contributed by atoms with Crippen molar-refractivity contribution in [2.24, 2.45) is 0 Å². The van der Waals surface area contributed by atoms with Gasteiger partial charge in [0.25, 0.3) is 0 Å². The van der Waals surface area contributed by atoms with Crippen LogP contribution in [0.5, 0.6) is 0 Å². The Bertz CT molecular complexity index is 665. The molecule has 0 N–H and O–H groups in total. The summed E-state index contributed by atoms with van der Waals surface area (Å²) in [6.45, 7) is 2.83. The van der Waals surface area contributed by atoms with Crippen LogP contribution in [-0.4, -0.2) is 71.8 Å². The van der Waals surface area contributed by atoms with Gasteiger partial charge in [0.1, 0.15) is 12.4 Å². The van der Waals surface area contributed by atoms with Gasteiger partial charge in [-0.05, 0) is 19.8 Å². The van der Waals surface area contributed by atoms with Crippen LogP contribution >= 0.6 is 0 Å². The zero-order chi connectivity index (χ0) is 18.0. The SMILES string of the molecule is COC(=O)[C@@H]1COC(=O)N1C1CCN(C(=O)Cc2cc(C)no2)CC1. The first kappa shape index (κ1) is 17.2. The Balaban J connectivity index is 1.56. The van der Waals surface area contributed by atoms with Crippen molar-refractivity contribution < 1.29 is 28.4 Å². The van der Waals surface area contributed by atoms with Crippen LogP contribution in [0.4, 0.5) is 4.79 Å².